The molecule has 2 heteroatoms. The SMILES string of the molecule is CC(=O)c1ccc(NCCCCCCC(C)C)cc1. The van der Waals surface area contributed by atoms with Gasteiger partial charge in [0.05, 0.1) is 0 Å². The molecule has 0 aliphatic heterocycles. The molecule has 1 aromatic carbocycles. The average Bonchev–Trinajstić information content (AvgIpc) is 2.38. The van der Waals surface area contributed by atoms with Gasteiger partial charge in [-0.1, -0.05) is 39.5 Å². The number of anilines is 1. The summed E-state index contributed by atoms with van der Waals surface area (Å²) in [6.45, 7) is 7.18. The molecular formula is C17H27NO. The van der Waals surface area contributed by atoms with Crippen LogP contribution in [0.15, 0.2) is 24.3 Å². The van der Waals surface area contributed by atoms with Crippen molar-refractivity contribution < 1.29 is 4.79 Å². The van der Waals surface area contributed by atoms with E-state index in [0.717, 1.165) is 23.7 Å². The van der Waals surface area contributed by atoms with Crippen molar-refractivity contribution in [2.24, 2.45) is 5.92 Å². The van der Waals surface area contributed by atoms with Gasteiger partial charge in [-0.2, -0.15) is 0 Å². The van der Waals surface area contributed by atoms with Gasteiger partial charge in [0.25, 0.3) is 0 Å². The number of Topliss-reactive ketones (excluding diaryl/α,β-unsaturated/α-hetero) is 1. The summed E-state index contributed by atoms with van der Waals surface area (Å²) in [6, 6.07) is 7.73. The van der Waals surface area contributed by atoms with Crippen LogP contribution < -0.4 is 5.32 Å². The summed E-state index contributed by atoms with van der Waals surface area (Å²) in [5.41, 5.74) is 1.88. The van der Waals surface area contributed by atoms with Crippen molar-refractivity contribution in [1.82, 2.24) is 0 Å². The van der Waals surface area contributed by atoms with Gasteiger partial charge in [0.1, 0.15) is 0 Å². The smallest absolute Gasteiger partial charge is 0.159 e. The maximum Gasteiger partial charge on any atom is 0.159 e. The molecule has 0 spiro atoms. The van der Waals surface area contributed by atoms with Crippen LogP contribution in [0, 0.1) is 5.92 Å². The minimum atomic E-state index is 0.122. The molecule has 0 bridgehead atoms. The highest BCUT2D eigenvalue weighted by molar-refractivity contribution is 5.94. The molecule has 19 heavy (non-hydrogen) atoms. The number of ketones is 1. The van der Waals surface area contributed by atoms with Crippen LogP contribution in [0.1, 0.15) is 63.2 Å². The van der Waals surface area contributed by atoms with Crippen molar-refractivity contribution in [3.63, 3.8) is 0 Å². The first-order valence-corrected chi connectivity index (χ1v) is 7.44. The molecule has 0 amide bonds. The van der Waals surface area contributed by atoms with Crippen LogP contribution >= 0.6 is 0 Å². The molecule has 0 aliphatic rings. The van der Waals surface area contributed by atoms with Gasteiger partial charge < -0.3 is 5.32 Å². The van der Waals surface area contributed by atoms with Crippen molar-refractivity contribution in [3.05, 3.63) is 29.8 Å². The Balaban J connectivity index is 2.11. The van der Waals surface area contributed by atoms with Crippen molar-refractivity contribution in [3.8, 4) is 0 Å². The Morgan fingerprint density at radius 2 is 1.68 bits per heavy atom. The molecule has 0 saturated carbocycles. The van der Waals surface area contributed by atoms with E-state index < -0.39 is 0 Å². The fraction of sp³-hybridized carbons (Fsp3) is 0.588. The van der Waals surface area contributed by atoms with Crippen molar-refractivity contribution >= 4 is 11.5 Å². The molecule has 106 valence electrons. The van der Waals surface area contributed by atoms with Crippen LogP contribution in [0.2, 0.25) is 0 Å². The quantitative estimate of drug-likeness (QED) is 0.505. The zero-order chi connectivity index (χ0) is 14.1. The van der Waals surface area contributed by atoms with E-state index in [4.69, 9.17) is 0 Å². The van der Waals surface area contributed by atoms with Gasteiger partial charge in [0, 0.05) is 17.8 Å². The molecule has 0 unspecified atom stereocenters. The molecule has 1 N–H and O–H groups in total. The van der Waals surface area contributed by atoms with Gasteiger partial charge in [-0.25, -0.2) is 0 Å². The van der Waals surface area contributed by atoms with Crippen LogP contribution in [0.3, 0.4) is 0 Å². The minimum absolute atomic E-state index is 0.122. The molecular weight excluding hydrogens is 234 g/mol. The summed E-state index contributed by atoms with van der Waals surface area (Å²) in [6.07, 6.45) is 6.55. The normalized spacial score (nSPS) is 10.7. The van der Waals surface area contributed by atoms with Crippen molar-refractivity contribution in [1.29, 1.82) is 0 Å². The molecule has 0 heterocycles. The summed E-state index contributed by atoms with van der Waals surface area (Å²) in [4.78, 5) is 11.1. The third-order valence-electron chi connectivity index (χ3n) is 3.33. The van der Waals surface area contributed by atoms with E-state index in [9.17, 15) is 4.79 Å². The monoisotopic (exact) mass is 261 g/mol. The lowest BCUT2D eigenvalue weighted by Gasteiger charge is -2.07. The van der Waals surface area contributed by atoms with Crippen LogP contribution in [0.4, 0.5) is 5.69 Å². The first-order chi connectivity index (χ1) is 9.09. The minimum Gasteiger partial charge on any atom is -0.385 e. The summed E-state index contributed by atoms with van der Waals surface area (Å²) < 4.78 is 0. The fourth-order valence-corrected chi connectivity index (χ4v) is 2.09. The molecule has 0 aliphatic carbocycles. The van der Waals surface area contributed by atoms with E-state index in [1.807, 2.05) is 24.3 Å². The van der Waals surface area contributed by atoms with Crippen molar-refractivity contribution in [2.75, 3.05) is 11.9 Å². The molecule has 0 fully saturated rings. The van der Waals surface area contributed by atoms with Crippen molar-refractivity contribution in [2.45, 2.75) is 52.9 Å². The van der Waals surface area contributed by atoms with E-state index in [0.29, 0.717) is 0 Å². The van der Waals surface area contributed by atoms with Gasteiger partial charge in [0.15, 0.2) is 5.78 Å². The zero-order valence-electron chi connectivity index (χ0n) is 12.5. The Morgan fingerprint density at radius 3 is 2.26 bits per heavy atom. The van der Waals surface area contributed by atoms with Gasteiger partial charge in [-0.15, -0.1) is 0 Å². The highest BCUT2D eigenvalue weighted by atomic mass is 16.1. The van der Waals surface area contributed by atoms with Gasteiger partial charge >= 0.3 is 0 Å². The number of rotatable bonds is 9. The highest BCUT2D eigenvalue weighted by Gasteiger charge is 1.98. The molecule has 2 nitrogen and oxygen atoms in total. The Morgan fingerprint density at radius 1 is 1.05 bits per heavy atom. The first-order valence-electron chi connectivity index (χ1n) is 7.44. The van der Waals surface area contributed by atoms with E-state index in [-0.39, 0.29) is 5.78 Å². The summed E-state index contributed by atoms with van der Waals surface area (Å²) in [5, 5.41) is 3.40. The highest BCUT2D eigenvalue weighted by Crippen LogP contribution is 2.12. The summed E-state index contributed by atoms with van der Waals surface area (Å²) in [7, 11) is 0. The number of carbonyl (C=O) groups excluding carboxylic acids is 1. The lowest BCUT2D eigenvalue weighted by molar-refractivity contribution is 0.101. The number of nitrogens with one attached hydrogen (secondary N) is 1. The number of hydrogen-bond acceptors (Lipinski definition) is 2. The summed E-state index contributed by atoms with van der Waals surface area (Å²) >= 11 is 0. The Hall–Kier alpha value is -1.31. The maximum absolute atomic E-state index is 11.1. The number of benzene rings is 1. The second kappa shape index (κ2) is 8.73. The summed E-state index contributed by atoms with van der Waals surface area (Å²) in [5.74, 6) is 0.953. The zero-order valence-corrected chi connectivity index (χ0v) is 12.5. The molecule has 0 aromatic heterocycles. The van der Waals surface area contributed by atoms with E-state index in [1.54, 1.807) is 6.92 Å². The number of hydrogen-bond donors (Lipinski definition) is 1. The third-order valence-corrected chi connectivity index (χ3v) is 3.33. The number of unbranched alkanes of at least 4 members (excludes halogenated alkanes) is 3. The van der Waals surface area contributed by atoms with Crippen LogP contribution in [0.5, 0.6) is 0 Å². The largest absolute Gasteiger partial charge is 0.385 e. The number of carbonyl (C=O) groups is 1. The molecule has 0 atom stereocenters. The van der Waals surface area contributed by atoms with E-state index in [2.05, 4.69) is 19.2 Å². The van der Waals surface area contributed by atoms with Crippen LogP contribution in [-0.4, -0.2) is 12.3 Å². The van der Waals surface area contributed by atoms with Gasteiger partial charge in [-0.3, -0.25) is 4.79 Å². The predicted octanol–water partition coefficient (Wildman–Crippen LogP) is 4.91. The third kappa shape index (κ3) is 7.00. The first kappa shape index (κ1) is 15.7. The van der Waals surface area contributed by atoms with E-state index >= 15 is 0 Å². The topological polar surface area (TPSA) is 29.1 Å². The second-order valence-corrected chi connectivity index (χ2v) is 5.66. The standard InChI is InChI=1S/C17H27NO/c1-14(2)8-6-4-5-7-13-18-17-11-9-16(10-12-17)15(3)19/h9-12,14,18H,4-8,13H2,1-3H3. The predicted molar refractivity (Wildman–Crippen MR) is 82.9 cm³/mol. The molecule has 1 aromatic rings. The van der Waals surface area contributed by atoms with Gasteiger partial charge in [0.2, 0.25) is 0 Å². The Labute approximate surface area is 117 Å². The average molecular weight is 261 g/mol. The maximum atomic E-state index is 11.1. The fourth-order valence-electron chi connectivity index (χ4n) is 2.09. The molecule has 0 saturated heterocycles. The van der Waals surface area contributed by atoms with Crippen LogP contribution in [-0.2, 0) is 0 Å². The van der Waals surface area contributed by atoms with Gasteiger partial charge in [-0.05, 0) is 43.5 Å². The van der Waals surface area contributed by atoms with Crippen LogP contribution in [0.25, 0.3) is 0 Å². The molecule has 1 rings (SSSR count). The lowest BCUT2D eigenvalue weighted by Crippen LogP contribution is -2.02. The lowest BCUT2D eigenvalue weighted by atomic mass is 10.0. The Bertz CT molecular complexity index is 367. The van der Waals surface area contributed by atoms with E-state index in [1.165, 1.54) is 32.1 Å². The second-order valence-electron chi connectivity index (χ2n) is 5.66. The molecule has 0 radical (unpaired) electrons. The Kier molecular flexibility index (Phi) is 7.24.